The molecule has 0 unspecified atom stereocenters. The third-order valence-electron chi connectivity index (χ3n) is 4.39. The number of phenolic OH excluding ortho intramolecular Hbond substituents is 1. The Morgan fingerprint density at radius 2 is 1.93 bits per heavy atom. The highest BCUT2D eigenvalue weighted by Gasteiger charge is 2.15. The number of hydrogen-bond acceptors (Lipinski definition) is 5. The highest BCUT2D eigenvalue weighted by molar-refractivity contribution is 7.11. The number of hydrogen-bond donors (Lipinski definition) is 2. The van der Waals surface area contributed by atoms with Gasteiger partial charge in [-0.2, -0.15) is 5.10 Å². The van der Waals surface area contributed by atoms with Crippen LogP contribution in [0.1, 0.15) is 20.8 Å². The lowest BCUT2D eigenvalue weighted by atomic mass is 10.0. The average Bonchev–Trinajstić information content (AvgIpc) is 3.12. The number of carbonyl (C=O) groups is 1. The maximum atomic E-state index is 12.8. The van der Waals surface area contributed by atoms with Crippen molar-refractivity contribution in [3.63, 3.8) is 0 Å². The Morgan fingerprint density at radius 3 is 2.71 bits per heavy atom. The Balaban J connectivity index is 1.73. The van der Waals surface area contributed by atoms with Gasteiger partial charge in [-0.05, 0) is 48.2 Å². The van der Waals surface area contributed by atoms with Gasteiger partial charge in [0.1, 0.15) is 5.75 Å². The van der Waals surface area contributed by atoms with Gasteiger partial charge in [-0.1, -0.05) is 30.3 Å². The Morgan fingerprint density at radius 1 is 1.14 bits per heavy atom. The summed E-state index contributed by atoms with van der Waals surface area (Å²) in [5, 5.41) is 17.0. The molecule has 28 heavy (non-hydrogen) atoms. The van der Waals surface area contributed by atoms with E-state index in [4.69, 9.17) is 0 Å². The van der Waals surface area contributed by atoms with E-state index in [1.54, 1.807) is 41.8 Å². The topological polar surface area (TPSA) is 74.6 Å². The number of aryl methyl sites for hydroxylation is 1. The summed E-state index contributed by atoms with van der Waals surface area (Å²) < 4.78 is 0. The number of fused-ring (bicyclic) bond motifs is 1. The lowest BCUT2D eigenvalue weighted by molar-refractivity contribution is 0.0956. The molecule has 0 aliphatic rings. The zero-order valence-corrected chi connectivity index (χ0v) is 15.9. The van der Waals surface area contributed by atoms with Crippen molar-refractivity contribution in [2.45, 2.75) is 6.92 Å². The molecule has 1 amide bonds. The van der Waals surface area contributed by atoms with Crippen molar-refractivity contribution < 1.29 is 9.90 Å². The summed E-state index contributed by atoms with van der Waals surface area (Å²) in [7, 11) is 0. The van der Waals surface area contributed by atoms with Crippen LogP contribution in [0.5, 0.6) is 5.75 Å². The molecule has 4 aromatic rings. The summed E-state index contributed by atoms with van der Waals surface area (Å²) in [6, 6.07) is 18.0. The average molecular weight is 387 g/mol. The number of nitrogens with zero attached hydrogens (tertiary/aromatic N) is 2. The SMILES string of the molecule is Cc1ccsc1/C=N\NC(=O)c1cc(-c2ccccc2O)nc2ccccc12. The Kier molecular flexibility index (Phi) is 4.87. The van der Waals surface area contributed by atoms with E-state index in [2.05, 4.69) is 15.5 Å². The van der Waals surface area contributed by atoms with Crippen molar-refractivity contribution >= 4 is 34.4 Å². The van der Waals surface area contributed by atoms with Gasteiger partial charge in [0, 0.05) is 15.8 Å². The molecule has 0 radical (unpaired) electrons. The molecule has 4 rings (SSSR count). The zero-order valence-electron chi connectivity index (χ0n) is 15.1. The minimum absolute atomic E-state index is 0.114. The summed E-state index contributed by atoms with van der Waals surface area (Å²) in [6.45, 7) is 1.99. The lowest BCUT2D eigenvalue weighted by Gasteiger charge is -2.10. The molecular formula is C22H17N3O2S. The molecule has 2 N–H and O–H groups in total. The molecule has 0 saturated heterocycles. The molecule has 138 valence electrons. The number of aromatic hydroxyl groups is 1. The van der Waals surface area contributed by atoms with Gasteiger partial charge in [-0.25, -0.2) is 10.4 Å². The van der Waals surface area contributed by atoms with Crippen LogP contribution in [0.4, 0.5) is 0 Å². The molecule has 0 saturated carbocycles. The van der Waals surface area contributed by atoms with E-state index in [0.717, 1.165) is 15.8 Å². The third-order valence-corrected chi connectivity index (χ3v) is 5.34. The number of phenols is 1. The van der Waals surface area contributed by atoms with Gasteiger partial charge < -0.3 is 5.11 Å². The largest absolute Gasteiger partial charge is 0.507 e. The van der Waals surface area contributed by atoms with Gasteiger partial charge in [-0.15, -0.1) is 11.3 Å². The predicted molar refractivity (Wildman–Crippen MR) is 113 cm³/mol. The molecule has 2 aromatic carbocycles. The second-order valence-corrected chi connectivity index (χ2v) is 7.20. The molecule has 6 heteroatoms. The van der Waals surface area contributed by atoms with Crippen LogP contribution >= 0.6 is 11.3 Å². The minimum atomic E-state index is -0.333. The van der Waals surface area contributed by atoms with Crippen molar-refractivity contribution in [1.29, 1.82) is 0 Å². The quantitative estimate of drug-likeness (QED) is 0.392. The number of nitrogens with one attached hydrogen (secondary N) is 1. The van der Waals surface area contributed by atoms with Crippen LogP contribution in [0, 0.1) is 6.92 Å². The van der Waals surface area contributed by atoms with Gasteiger partial charge in [0.15, 0.2) is 0 Å². The molecule has 0 aliphatic carbocycles. The zero-order chi connectivity index (χ0) is 19.5. The predicted octanol–water partition coefficient (Wildman–Crippen LogP) is 4.74. The standard InChI is InChI=1S/C22H17N3O2S/c1-14-10-11-28-21(14)13-23-25-22(27)17-12-19(16-7-3-5-9-20(16)26)24-18-8-4-2-6-15(17)18/h2-13,26H,1H3,(H,25,27)/b23-13-. The van der Waals surface area contributed by atoms with E-state index >= 15 is 0 Å². The fourth-order valence-electron chi connectivity index (χ4n) is 2.92. The summed E-state index contributed by atoms with van der Waals surface area (Å²) in [5.74, 6) is -0.219. The fourth-order valence-corrected chi connectivity index (χ4v) is 3.70. The second kappa shape index (κ2) is 7.62. The number of aromatic nitrogens is 1. The number of hydrazone groups is 1. The number of benzene rings is 2. The molecule has 0 fully saturated rings. The van der Waals surface area contributed by atoms with E-state index in [1.165, 1.54) is 0 Å². The van der Waals surface area contributed by atoms with Gasteiger partial charge in [0.05, 0.1) is 23.0 Å². The summed E-state index contributed by atoms with van der Waals surface area (Å²) in [4.78, 5) is 18.4. The second-order valence-electron chi connectivity index (χ2n) is 6.26. The normalized spacial score (nSPS) is 11.2. The molecule has 0 bridgehead atoms. The summed E-state index contributed by atoms with van der Waals surface area (Å²) in [5.41, 5.74) is 5.93. The number of rotatable bonds is 4. The number of amides is 1. The first-order valence-corrected chi connectivity index (χ1v) is 9.57. The van der Waals surface area contributed by atoms with Gasteiger partial charge >= 0.3 is 0 Å². The van der Waals surface area contributed by atoms with Crippen molar-refractivity contribution in [3.05, 3.63) is 82.0 Å². The van der Waals surface area contributed by atoms with Crippen LogP contribution in [-0.2, 0) is 0 Å². The van der Waals surface area contributed by atoms with E-state index in [-0.39, 0.29) is 11.7 Å². The Labute approximate surface area is 166 Å². The van der Waals surface area contributed by atoms with Crippen molar-refractivity contribution in [2.24, 2.45) is 5.10 Å². The smallest absolute Gasteiger partial charge is 0.272 e. The van der Waals surface area contributed by atoms with Gasteiger partial charge in [0.25, 0.3) is 5.91 Å². The first-order valence-electron chi connectivity index (χ1n) is 8.69. The minimum Gasteiger partial charge on any atom is -0.507 e. The summed E-state index contributed by atoms with van der Waals surface area (Å²) in [6.07, 6.45) is 1.64. The highest BCUT2D eigenvalue weighted by atomic mass is 32.1. The Hall–Kier alpha value is -3.51. The van der Waals surface area contributed by atoms with Crippen molar-refractivity contribution in [2.75, 3.05) is 0 Å². The van der Waals surface area contributed by atoms with E-state index in [9.17, 15) is 9.90 Å². The highest BCUT2D eigenvalue weighted by Crippen LogP contribution is 2.30. The van der Waals surface area contributed by atoms with Crippen LogP contribution in [0.25, 0.3) is 22.2 Å². The number of para-hydroxylation sites is 2. The fraction of sp³-hybridized carbons (Fsp3) is 0.0455. The molecule has 2 heterocycles. The van der Waals surface area contributed by atoms with Crippen LogP contribution in [0.2, 0.25) is 0 Å². The third kappa shape index (κ3) is 3.50. The number of pyridine rings is 1. The molecule has 2 aromatic heterocycles. The van der Waals surface area contributed by atoms with Crippen molar-refractivity contribution in [1.82, 2.24) is 10.4 Å². The monoisotopic (exact) mass is 387 g/mol. The van der Waals surface area contributed by atoms with E-state index in [0.29, 0.717) is 22.3 Å². The van der Waals surface area contributed by atoms with E-state index < -0.39 is 0 Å². The van der Waals surface area contributed by atoms with Gasteiger partial charge in [-0.3, -0.25) is 4.79 Å². The summed E-state index contributed by atoms with van der Waals surface area (Å²) >= 11 is 1.56. The molecule has 0 atom stereocenters. The van der Waals surface area contributed by atoms with Crippen molar-refractivity contribution in [3.8, 4) is 17.0 Å². The maximum absolute atomic E-state index is 12.8. The van der Waals surface area contributed by atoms with E-state index in [1.807, 2.05) is 48.7 Å². The lowest BCUT2D eigenvalue weighted by Crippen LogP contribution is -2.18. The number of thiophene rings is 1. The number of carbonyl (C=O) groups excluding carboxylic acids is 1. The maximum Gasteiger partial charge on any atom is 0.272 e. The molecule has 0 aliphatic heterocycles. The first kappa shape index (κ1) is 17.9. The molecular weight excluding hydrogens is 370 g/mol. The van der Waals surface area contributed by atoms with Crippen LogP contribution in [0.3, 0.4) is 0 Å². The molecule has 5 nitrogen and oxygen atoms in total. The van der Waals surface area contributed by atoms with Crippen LogP contribution in [-0.4, -0.2) is 22.2 Å². The Bertz CT molecular complexity index is 1200. The van der Waals surface area contributed by atoms with Gasteiger partial charge in [0.2, 0.25) is 0 Å². The molecule has 0 spiro atoms. The first-order chi connectivity index (χ1) is 13.6. The van der Waals surface area contributed by atoms with Crippen LogP contribution in [0.15, 0.2) is 71.1 Å². The van der Waals surface area contributed by atoms with Crippen LogP contribution < -0.4 is 5.43 Å².